The van der Waals surface area contributed by atoms with Gasteiger partial charge in [-0.1, -0.05) is 146 Å². The lowest BCUT2D eigenvalue weighted by atomic mass is 9.97. The zero-order chi connectivity index (χ0) is 47.4. The van der Waals surface area contributed by atoms with Gasteiger partial charge in [0.2, 0.25) is 23.6 Å². The average Bonchev–Trinajstić information content (AvgIpc) is 3.28. The van der Waals surface area contributed by atoms with E-state index in [-0.39, 0.29) is 25.7 Å². The van der Waals surface area contributed by atoms with Gasteiger partial charge < -0.3 is 30.7 Å². The number of rotatable bonds is 17. The summed E-state index contributed by atoms with van der Waals surface area (Å²) < 4.78 is 11.4. The van der Waals surface area contributed by atoms with Crippen molar-refractivity contribution in [1.29, 1.82) is 0 Å². The van der Waals surface area contributed by atoms with Gasteiger partial charge in [-0.05, 0) is 85.3 Å². The van der Waals surface area contributed by atoms with Crippen molar-refractivity contribution in [3.63, 3.8) is 0 Å². The molecule has 0 radical (unpaired) electrons. The lowest BCUT2D eigenvalue weighted by Gasteiger charge is -2.27. The van der Waals surface area contributed by atoms with E-state index >= 15 is 0 Å². The van der Waals surface area contributed by atoms with Crippen molar-refractivity contribution in [3.05, 3.63) is 168 Å². The largest absolute Gasteiger partial charge is 0.458 e. The fourth-order valence-electron chi connectivity index (χ4n) is 7.61. The van der Waals surface area contributed by atoms with Crippen molar-refractivity contribution >= 4 is 57.1 Å². The van der Waals surface area contributed by atoms with Crippen molar-refractivity contribution in [2.75, 3.05) is 0 Å². The normalized spacial score (nSPS) is 13.4. The Morgan fingerprint density at radius 1 is 0.424 bits per heavy atom. The van der Waals surface area contributed by atoms with E-state index in [1.165, 1.54) is 0 Å². The minimum atomic E-state index is -1.18. The number of hydrogen-bond donors (Lipinski definition) is 4. The van der Waals surface area contributed by atoms with E-state index in [4.69, 9.17) is 9.47 Å². The van der Waals surface area contributed by atoms with Crippen molar-refractivity contribution in [2.24, 2.45) is 0 Å². The number of esters is 2. The first kappa shape index (κ1) is 48.1. The molecule has 0 unspecified atom stereocenters. The molecule has 6 rings (SSSR count). The lowest BCUT2D eigenvalue weighted by molar-refractivity contribution is -0.159. The molecule has 6 aromatic carbocycles. The fraction of sp³-hybridized carbons (Fsp3) is 0.296. The van der Waals surface area contributed by atoms with Gasteiger partial charge in [0.1, 0.15) is 23.3 Å². The number of hydrogen-bond acceptors (Lipinski definition) is 8. The summed E-state index contributed by atoms with van der Waals surface area (Å²) in [7, 11) is 0. The van der Waals surface area contributed by atoms with Crippen molar-refractivity contribution in [2.45, 2.75) is 103 Å². The smallest absolute Gasteiger partial charge is 0.333 e. The van der Waals surface area contributed by atoms with E-state index < -0.39 is 70.9 Å². The predicted molar refractivity (Wildman–Crippen MR) is 255 cm³/mol. The Bertz CT molecular complexity index is 2480. The van der Waals surface area contributed by atoms with Crippen molar-refractivity contribution in [1.82, 2.24) is 21.3 Å². The Kier molecular flexibility index (Phi) is 15.7. The van der Waals surface area contributed by atoms with Crippen molar-refractivity contribution < 1.29 is 38.2 Å². The van der Waals surface area contributed by atoms with Crippen LogP contribution in [0.25, 0.3) is 21.5 Å². The van der Waals surface area contributed by atoms with Crippen LogP contribution in [0, 0.1) is 0 Å². The van der Waals surface area contributed by atoms with Gasteiger partial charge in [-0.3, -0.25) is 19.2 Å². The number of nitrogens with one attached hydrogen (secondary N) is 4. The van der Waals surface area contributed by atoms with E-state index in [0.717, 1.165) is 32.7 Å². The molecule has 6 aromatic rings. The van der Waals surface area contributed by atoms with E-state index in [0.29, 0.717) is 11.1 Å². The number of carbonyl (C=O) groups is 6. The number of benzene rings is 6. The van der Waals surface area contributed by atoms with Crippen LogP contribution in [-0.2, 0) is 51.1 Å². The molecule has 4 N–H and O–H groups in total. The highest BCUT2D eigenvalue weighted by Crippen LogP contribution is 2.25. The maximum atomic E-state index is 14.3. The molecule has 0 saturated heterocycles. The SMILES string of the molecule is CC(C)(C)OC(=O)[C@@H](NC(=O)[C@H](Cc1cccc2ccccc12)NC(=O)CCC(=O)N[C@@H](Cc1cccc2ccccc12)C(=O)N[C@H](C(=O)OC(C)(C)C)c1ccccc1)c1ccccc1. The highest BCUT2D eigenvalue weighted by Gasteiger charge is 2.34. The molecule has 4 amide bonds. The molecule has 12 heteroatoms. The van der Waals surface area contributed by atoms with Crippen LogP contribution in [0.5, 0.6) is 0 Å². The standard InChI is InChI=1S/C54H58N4O8/c1-53(2,3)65-51(63)47(37-21-9-7-10-22-37)57-49(61)43(33-39-27-17-25-35-19-13-15-29-41(35)39)55-45(59)31-32-46(60)56-44(34-40-28-18-26-36-20-14-16-30-42(36)40)50(62)58-48(38-23-11-8-12-24-38)52(64)66-54(4,5)6/h7-30,43-44,47-48H,31-34H2,1-6H3,(H,55,59)(H,56,60)(H,57,61)(H,58,62)/t43-,44-,47-,48-/m0/s1. The van der Waals surface area contributed by atoms with Crippen LogP contribution in [0.3, 0.4) is 0 Å². The summed E-state index contributed by atoms with van der Waals surface area (Å²) in [6, 6.07) is 39.4. The first-order valence-corrected chi connectivity index (χ1v) is 22.1. The second-order valence-corrected chi connectivity index (χ2v) is 18.2. The minimum absolute atomic E-state index is 0.0639. The van der Waals surface area contributed by atoms with Gasteiger partial charge in [0.15, 0.2) is 12.1 Å². The molecule has 0 aliphatic heterocycles. The van der Waals surface area contributed by atoms with Gasteiger partial charge in [-0.2, -0.15) is 0 Å². The fourth-order valence-corrected chi connectivity index (χ4v) is 7.61. The van der Waals surface area contributed by atoms with E-state index in [1.807, 2.05) is 84.9 Å². The average molecular weight is 891 g/mol. The summed E-state index contributed by atoms with van der Waals surface area (Å²) >= 11 is 0. The van der Waals surface area contributed by atoms with E-state index in [2.05, 4.69) is 21.3 Å². The van der Waals surface area contributed by atoms with Gasteiger partial charge in [0.25, 0.3) is 0 Å². The molecular formula is C54H58N4O8. The second-order valence-electron chi connectivity index (χ2n) is 18.2. The van der Waals surface area contributed by atoms with Crippen molar-refractivity contribution in [3.8, 4) is 0 Å². The van der Waals surface area contributed by atoms with E-state index in [9.17, 15) is 28.8 Å². The Labute approximate surface area is 385 Å². The second kappa shape index (κ2) is 21.6. The third-order valence-corrected chi connectivity index (χ3v) is 10.6. The molecule has 12 nitrogen and oxygen atoms in total. The highest BCUT2D eigenvalue weighted by atomic mass is 16.6. The van der Waals surface area contributed by atoms with Crippen LogP contribution in [0.1, 0.15) is 88.7 Å². The molecule has 66 heavy (non-hydrogen) atoms. The van der Waals surface area contributed by atoms with Crippen LogP contribution in [-0.4, -0.2) is 58.9 Å². The molecule has 0 aliphatic carbocycles. The molecule has 342 valence electrons. The minimum Gasteiger partial charge on any atom is -0.458 e. The molecule has 0 bridgehead atoms. The Hall–Kier alpha value is -7.34. The highest BCUT2D eigenvalue weighted by molar-refractivity contribution is 5.95. The predicted octanol–water partition coefficient (Wildman–Crippen LogP) is 7.93. The van der Waals surface area contributed by atoms with Gasteiger partial charge in [0.05, 0.1) is 0 Å². The Morgan fingerprint density at radius 3 is 1.12 bits per heavy atom. The topological polar surface area (TPSA) is 169 Å². The van der Waals surface area contributed by atoms with Crippen LogP contribution in [0.2, 0.25) is 0 Å². The first-order chi connectivity index (χ1) is 31.4. The quantitative estimate of drug-likeness (QED) is 0.0670. The lowest BCUT2D eigenvalue weighted by Crippen LogP contribution is -2.51. The zero-order valence-corrected chi connectivity index (χ0v) is 38.3. The third kappa shape index (κ3) is 13.6. The summed E-state index contributed by atoms with van der Waals surface area (Å²) in [4.78, 5) is 83.5. The van der Waals surface area contributed by atoms with Gasteiger partial charge in [-0.15, -0.1) is 0 Å². The molecule has 0 aromatic heterocycles. The number of fused-ring (bicyclic) bond motifs is 2. The summed E-state index contributed by atoms with van der Waals surface area (Å²) in [5, 5.41) is 15.0. The summed E-state index contributed by atoms with van der Waals surface area (Å²) in [6.07, 6.45) is -0.554. The van der Waals surface area contributed by atoms with Gasteiger partial charge in [0, 0.05) is 25.7 Å². The van der Waals surface area contributed by atoms with Gasteiger partial charge >= 0.3 is 11.9 Å². The summed E-state index contributed by atoms with van der Waals surface area (Å²) in [5.74, 6) is -3.82. The number of carbonyl (C=O) groups excluding carboxylic acids is 6. The number of amides is 4. The van der Waals surface area contributed by atoms with Crippen LogP contribution >= 0.6 is 0 Å². The van der Waals surface area contributed by atoms with Crippen LogP contribution < -0.4 is 21.3 Å². The molecular weight excluding hydrogens is 833 g/mol. The summed E-state index contributed by atoms with van der Waals surface area (Å²) in [6.45, 7) is 10.4. The summed E-state index contributed by atoms with van der Waals surface area (Å²) in [5.41, 5.74) is 0.861. The monoisotopic (exact) mass is 890 g/mol. The van der Waals surface area contributed by atoms with Crippen LogP contribution in [0.4, 0.5) is 0 Å². The molecule has 0 spiro atoms. The first-order valence-electron chi connectivity index (χ1n) is 22.1. The van der Waals surface area contributed by atoms with Crippen LogP contribution in [0.15, 0.2) is 146 Å². The van der Waals surface area contributed by atoms with E-state index in [1.54, 1.807) is 102 Å². The zero-order valence-electron chi connectivity index (χ0n) is 38.3. The number of ether oxygens (including phenoxy) is 2. The van der Waals surface area contributed by atoms with Gasteiger partial charge in [-0.25, -0.2) is 9.59 Å². The molecule has 0 heterocycles. The Morgan fingerprint density at radius 2 is 0.758 bits per heavy atom. The maximum absolute atomic E-state index is 14.3. The Balaban J connectivity index is 1.22. The third-order valence-electron chi connectivity index (χ3n) is 10.6. The molecule has 0 aliphatic rings. The molecule has 0 saturated carbocycles. The molecule has 0 fully saturated rings. The molecule has 4 atom stereocenters. The maximum Gasteiger partial charge on any atom is 0.333 e.